The van der Waals surface area contributed by atoms with Crippen LogP contribution >= 0.6 is 12.2 Å². The Bertz CT molecular complexity index is 52.9. The number of thiocarbonyl (C=S) groups is 1. The van der Waals surface area contributed by atoms with Crippen molar-refractivity contribution in [3.05, 3.63) is 0 Å². The molecule has 0 amide bonds. The molecule has 0 radical (unpaired) electrons. The summed E-state index contributed by atoms with van der Waals surface area (Å²) in [6.45, 7) is 4.36. The Morgan fingerprint density at radius 3 is 1.56 bits per heavy atom. The van der Waals surface area contributed by atoms with Crippen LogP contribution in [0.5, 0.6) is 0 Å². The van der Waals surface area contributed by atoms with Crippen LogP contribution in [-0.4, -0.2) is 4.32 Å². The molecule has 0 spiro atoms. The first-order valence-electron chi connectivity index (χ1n) is 2.61. The van der Waals surface area contributed by atoms with Crippen LogP contribution in [0, 0.1) is 0 Å². The van der Waals surface area contributed by atoms with Gasteiger partial charge in [-0.2, -0.15) is 0 Å². The quantitative estimate of drug-likeness (QED) is 0.312. The van der Waals surface area contributed by atoms with E-state index in [1.54, 1.807) is 0 Å². The molecule has 2 N–H and O–H groups in total. The van der Waals surface area contributed by atoms with Crippen molar-refractivity contribution in [2.45, 2.75) is 26.7 Å². The second-order valence-electron chi connectivity index (χ2n) is 1.32. The van der Waals surface area contributed by atoms with E-state index in [9.17, 15) is 0 Å². The fourth-order valence-electron chi connectivity index (χ4n) is 0. The molecule has 0 rings (SSSR count). The number of nitrogens with two attached hydrogens (primary N) is 1. The summed E-state index contributed by atoms with van der Waals surface area (Å²) in [6, 6.07) is 0. The minimum absolute atomic E-state index is 0. The van der Waals surface area contributed by atoms with Crippen molar-refractivity contribution in [1.82, 2.24) is 0 Å². The molecule has 1 nitrogen and oxygen atoms in total. The first-order valence-corrected chi connectivity index (χ1v) is 3.43. The minimum atomic E-state index is 0. The molecule has 0 aromatic carbocycles. The first-order chi connectivity index (χ1) is 3.65. The molecule has 0 fully saturated rings. The predicted octanol–water partition coefficient (Wildman–Crippen LogP) is -1.41. The van der Waals surface area contributed by atoms with Crippen molar-refractivity contribution in [1.29, 1.82) is 0 Å². The van der Waals surface area contributed by atoms with Gasteiger partial charge in [0.15, 0.2) is 0 Å². The van der Waals surface area contributed by atoms with E-state index < -0.39 is 0 Å². The largest absolute Gasteiger partial charge is 1.00 e. The van der Waals surface area contributed by atoms with E-state index in [4.69, 9.17) is 0 Å². The third-order valence-electron chi connectivity index (χ3n) is 0.500. The fourth-order valence-corrected chi connectivity index (χ4v) is 0. The molecule has 4 heteroatoms. The summed E-state index contributed by atoms with van der Waals surface area (Å²) in [5.74, 6) is 0. The molecule has 50 valence electrons. The summed E-state index contributed by atoms with van der Waals surface area (Å²) < 4.78 is 0.0833. The molecular weight excluding hydrogens is 177 g/mol. The maximum absolute atomic E-state index is 4.66. The monoisotopic (exact) mass is 189 g/mol. The molecule has 0 aliphatic carbocycles. The molecule has 0 saturated carbocycles. The third-order valence-corrected chi connectivity index (χ3v) is 0.500. The van der Waals surface area contributed by atoms with Gasteiger partial charge in [-0.25, -0.2) is 0 Å². The Kier molecular flexibility index (Phi) is 31.0. The summed E-state index contributed by atoms with van der Waals surface area (Å²) in [6.07, 6.45) is 2.64. The van der Waals surface area contributed by atoms with Crippen molar-refractivity contribution < 1.29 is 51.4 Å². The molecule has 0 bridgehead atoms. The van der Waals surface area contributed by atoms with Crippen molar-refractivity contribution in [3.8, 4) is 0 Å². The number of hydrogen-bond acceptors (Lipinski definition) is 2. The van der Waals surface area contributed by atoms with E-state index in [1.807, 2.05) is 0 Å². The van der Waals surface area contributed by atoms with Gasteiger partial charge in [0.25, 0.3) is 0 Å². The second kappa shape index (κ2) is 16.4. The number of unbranched alkanes of at least 4 members (excludes halogenated alkanes) is 1. The number of hydrogen-bond donors (Lipinski definition) is 1. The average Bonchev–Trinajstić information content (AvgIpc) is 1.65. The van der Waals surface area contributed by atoms with Gasteiger partial charge < -0.3 is 30.6 Å². The molecule has 0 saturated heterocycles. The van der Waals surface area contributed by atoms with Crippen molar-refractivity contribution >= 4 is 29.2 Å². The van der Waals surface area contributed by atoms with E-state index in [2.05, 4.69) is 44.4 Å². The van der Waals surface area contributed by atoms with Crippen molar-refractivity contribution in [2.75, 3.05) is 0 Å². The Morgan fingerprint density at radius 2 is 1.56 bits per heavy atom. The molecule has 0 aromatic rings. The normalized spacial score (nSPS) is 6.00. The van der Waals surface area contributed by atoms with Crippen LogP contribution < -0.4 is 57.1 Å². The maximum atomic E-state index is 4.66. The Labute approximate surface area is 111 Å². The summed E-state index contributed by atoms with van der Waals surface area (Å²) in [4.78, 5) is 0. The molecule has 0 aromatic heterocycles. The fraction of sp³-hybridized carbons (Fsp3) is 0.800. The van der Waals surface area contributed by atoms with Crippen LogP contribution in [0.3, 0.4) is 0 Å². The summed E-state index contributed by atoms with van der Waals surface area (Å²) in [7, 11) is 0. The SMILES string of the molecule is CCCC.NC(=S)[S-].[K+]. The Morgan fingerprint density at radius 1 is 1.44 bits per heavy atom. The van der Waals surface area contributed by atoms with Crippen LogP contribution in [0.1, 0.15) is 26.7 Å². The maximum Gasteiger partial charge on any atom is 1.00 e. The van der Waals surface area contributed by atoms with Gasteiger partial charge in [-0.15, -0.1) is 0 Å². The Hall–Kier alpha value is 1.75. The van der Waals surface area contributed by atoms with Crippen molar-refractivity contribution in [2.24, 2.45) is 5.73 Å². The summed E-state index contributed by atoms with van der Waals surface area (Å²) in [5.41, 5.74) is 4.66. The van der Waals surface area contributed by atoms with E-state index in [-0.39, 0.29) is 55.7 Å². The van der Waals surface area contributed by atoms with Crippen LogP contribution in [0.2, 0.25) is 0 Å². The van der Waals surface area contributed by atoms with Crippen LogP contribution in [0.15, 0.2) is 0 Å². The van der Waals surface area contributed by atoms with Gasteiger partial charge >= 0.3 is 51.4 Å². The van der Waals surface area contributed by atoms with Gasteiger partial charge in [0.2, 0.25) is 0 Å². The Balaban J connectivity index is -0.0000000720. The zero-order valence-electron chi connectivity index (χ0n) is 6.31. The topological polar surface area (TPSA) is 26.0 Å². The summed E-state index contributed by atoms with van der Waals surface area (Å²) in [5, 5.41) is 0. The second-order valence-corrected chi connectivity index (χ2v) is 2.46. The van der Waals surface area contributed by atoms with E-state index in [0.29, 0.717) is 0 Å². The van der Waals surface area contributed by atoms with Gasteiger partial charge in [0.1, 0.15) is 0 Å². The molecule has 0 aliphatic heterocycles. The molecule has 0 atom stereocenters. The van der Waals surface area contributed by atoms with E-state index in [0.717, 1.165) is 0 Å². The van der Waals surface area contributed by atoms with Gasteiger partial charge in [0, 0.05) is 0 Å². The predicted molar refractivity (Wildman–Crippen MR) is 44.7 cm³/mol. The zero-order valence-corrected chi connectivity index (χ0v) is 11.1. The van der Waals surface area contributed by atoms with Gasteiger partial charge in [-0.1, -0.05) is 31.0 Å². The first kappa shape index (κ1) is 17.0. The zero-order chi connectivity index (χ0) is 6.99. The number of rotatable bonds is 1. The van der Waals surface area contributed by atoms with Crippen LogP contribution in [0.25, 0.3) is 0 Å². The molecule has 0 heterocycles. The van der Waals surface area contributed by atoms with E-state index in [1.165, 1.54) is 12.8 Å². The molecule has 0 unspecified atom stereocenters. The van der Waals surface area contributed by atoms with Crippen molar-refractivity contribution in [3.63, 3.8) is 0 Å². The van der Waals surface area contributed by atoms with Crippen LogP contribution in [-0.2, 0) is 12.6 Å². The van der Waals surface area contributed by atoms with Gasteiger partial charge in [-0.3, -0.25) is 0 Å². The molecular formula is C5H12KNS2. The van der Waals surface area contributed by atoms with E-state index >= 15 is 0 Å². The smallest absolute Gasteiger partial charge is 0.415 e. The van der Waals surface area contributed by atoms with Gasteiger partial charge in [0.05, 0.1) is 0 Å². The average molecular weight is 189 g/mol. The summed E-state index contributed by atoms with van der Waals surface area (Å²) >= 11 is 8.26. The minimum Gasteiger partial charge on any atom is -0.415 e. The van der Waals surface area contributed by atoms with Gasteiger partial charge in [-0.05, 0) is 0 Å². The third kappa shape index (κ3) is 77.5. The van der Waals surface area contributed by atoms with Crippen LogP contribution in [0.4, 0.5) is 0 Å². The standard InChI is InChI=1S/C4H10.CH3NS2.K/c1-3-4-2;2-1(3)4;/h3-4H2,1-2H3;(H3,2,3,4);/q;;+1/p-1. The molecule has 0 aliphatic rings. The molecule has 9 heavy (non-hydrogen) atoms.